The van der Waals surface area contributed by atoms with Gasteiger partial charge >= 0.3 is 0 Å². The van der Waals surface area contributed by atoms with Crippen LogP contribution in [0.5, 0.6) is 0 Å². The van der Waals surface area contributed by atoms with E-state index in [2.05, 4.69) is 58.7 Å². The van der Waals surface area contributed by atoms with Crippen molar-refractivity contribution in [3.63, 3.8) is 0 Å². The van der Waals surface area contributed by atoms with Crippen LogP contribution < -0.4 is 10.6 Å². The Morgan fingerprint density at radius 2 is 2.03 bits per heavy atom. The Balaban J connectivity index is 1.51. The molecule has 0 radical (unpaired) electrons. The van der Waals surface area contributed by atoms with Crippen LogP contribution >= 0.6 is 0 Å². The highest BCUT2D eigenvalue weighted by atomic mass is 15.3. The minimum Gasteiger partial charge on any atom is -0.357 e. The molecule has 158 valence electrons. The van der Waals surface area contributed by atoms with Gasteiger partial charge in [0.1, 0.15) is 0 Å². The molecule has 6 heteroatoms. The number of likely N-dealkylation sites (tertiary alicyclic amines) is 1. The molecule has 1 aliphatic heterocycles. The Morgan fingerprint density at radius 3 is 2.79 bits per heavy atom. The van der Waals surface area contributed by atoms with Crippen LogP contribution in [0.2, 0.25) is 0 Å². The van der Waals surface area contributed by atoms with Crippen molar-refractivity contribution in [1.29, 1.82) is 0 Å². The molecule has 29 heavy (non-hydrogen) atoms. The van der Waals surface area contributed by atoms with Crippen LogP contribution in [0.3, 0.4) is 0 Å². The summed E-state index contributed by atoms with van der Waals surface area (Å²) in [6, 6.07) is 11.2. The third-order valence-corrected chi connectivity index (χ3v) is 5.62. The lowest BCUT2D eigenvalue weighted by Gasteiger charge is -2.33. The highest BCUT2D eigenvalue weighted by Gasteiger charge is 2.17. The zero-order valence-corrected chi connectivity index (χ0v) is 18.0. The molecule has 0 amide bonds. The summed E-state index contributed by atoms with van der Waals surface area (Å²) in [6.07, 6.45) is 9.03. The topological polar surface area (TPSA) is 57.5 Å². The number of nitrogens with zero attached hydrogens (tertiary/aromatic N) is 4. The first-order valence-electron chi connectivity index (χ1n) is 11.1. The predicted molar refractivity (Wildman–Crippen MR) is 120 cm³/mol. The van der Waals surface area contributed by atoms with Crippen LogP contribution in [0.25, 0.3) is 0 Å². The van der Waals surface area contributed by atoms with Gasteiger partial charge in [-0.05, 0) is 56.8 Å². The van der Waals surface area contributed by atoms with Crippen molar-refractivity contribution in [3.8, 4) is 0 Å². The van der Waals surface area contributed by atoms with Crippen molar-refractivity contribution >= 4 is 5.96 Å². The molecule has 1 aliphatic rings. The quantitative estimate of drug-likeness (QED) is 0.388. The number of piperidine rings is 1. The fourth-order valence-corrected chi connectivity index (χ4v) is 3.92. The Bertz CT molecular complexity index is 740. The molecule has 6 nitrogen and oxygen atoms in total. The molecular weight excluding hydrogens is 360 g/mol. The number of benzene rings is 1. The maximum Gasteiger partial charge on any atom is 0.191 e. The average molecular weight is 397 g/mol. The van der Waals surface area contributed by atoms with Gasteiger partial charge < -0.3 is 15.5 Å². The number of aliphatic imine (C=N–C) groups is 1. The summed E-state index contributed by atoms with van der Waals surface area (Å²) in [5, 5.41) is 11.2. The second-order valence-electron chi connectivity index (χ2n) is 7.83. The molecule has 2 N–H and O–H groups in total. The van der Waals surface area contributed by atoms with E-state index in [9.17, 15) is 0 Å². The van der Waals surface area contributed by atoms with E-state index in [1.807, 2.05) is 23.1 Å². The molecular formula is C23H36N6. The van der Waals surface area contributed by atoms with Gasteiger partial charge in [-0.3, -0.25) is 4.68 Å². The van der Waals surface area contributed by atoms with Gasteiger partial charge in [0.05, 0.1) is 13.1 Å². The highest BCUT2D eigenvalue weighted by molar-refractivity contribution is 5.79. The molecule has 1 aromatic carbocycles. The summed E-state index contributed by atoms with van der Waals surface area (Å²) in [6.45, 7) is 10.1. The molecule has 0 spiro atoms. The SMILES string of the molecule is CCNC(=NCc1ccccc1Cn1cccn1)NCCCN1CCCCC1C. The standard InChI is InChI=1S/C23H36N6/c1-3-24-23(25-13-8-16-28-15-7-6-10-20(28)2)26-18-21-11-4-5-12-22(21)19-29-17-9-14-27-29/h4-5,9,11-12,14,17,20H,3,6-8,10,13,15-16,18-19H2,1-2H3,(H2,24,25,26). The van der Waals surface area contributed by atoms with Crippen LogP contribution in [0.15, 0.2) is 47.7 Å². The van der Waals surface area contributed by atoms with Gasteiger partial charge in [-0.25, -0.2) is 4.99 Å². The number of hydrogen-bond donors (Lipinski definition) is 2. The van der Waals surface area contributed by atoms with Gasteiger partial charge in [0.15, 0.2) is 5.96 Å². The molecule has 0 bridgehead atoms. The third-order valence-electron chi connectivity index (χ3n) is 5.62. The number of rotatable bonds is 9. The van der Waals surface area contributed by atoms with Gasteiger partial charge in [0.2, 0.25) is 0 Å². The zero-order valence-electron chi connectivity index (χ0n) is 18.0. The van der Waals surface area contributed by atoms with Crippen LogP contribution in [-0.2, 0) is 13.1 Å². The van der Waals surface area contributed by atoms with E-state index in [1.54, 1.807) is 0 Å². The Hall–Kier alpha value is -2.34. The van der Waals surface area contributed by atoms with Crippen molar-refractivity contribution in [2.45, 2.75) is 58.7 Å². The maximum absolute atomic E-state index is 4.82. The second kappa shape index (κ2) is 11.6. The minimum absolute atomic E-state index is 0.663. The van der Waals surface area contributed by atoms with E-state index in [4.69, 9.17) is 4.99 Å². The Morgan fingerprint density at radius 1 is 1.17 bits per heavy atom. The van der Waals surface area contributed by atoms with E-state index < -0.39 is 0 Å². The van der Waals surface area contributed by atoms with Gasteiger partial charge in [-0.2, -0.15) is 5.10 Å². The van der Waals surface area contributed by atoms with Gasteiger partial charge in [-0.15, -0.1) is 0 Å². The van der Waals surface area contributed by atoms with Gasteiger partial charge in [-0.1, -0.05) is 30.7 Å². The highest BCUT2D eigenvalue weighted by Crippen LogP contribution is 2.16. The lowest BCUT2D eigenvalue weighted by Crippen LogP contribution is -2.41. The van der Waals surface area contributed by atoms with Crippen molar-refractivity contribution < 1.29 is 0 Å². The average Bonchev–Trinajstić information content (AvgIpc) is 3.24. The Kier molecular flexibility index (Phi) is 8.56. The number of nitrogens with one attached hydrogen (secondary N) is 2. The normalized spacial score (nSPS) is 18.0. The molecule has 0 aliphatic carbocycles. The first kappa shape index (κ1) is 21.4. The first-order chi connectivity index (χ1) is 14.3. The summed E-state index contributed by atoms with van der Waals surface area (Å²) in [7, 11) is 0. The van der Waals surface area contributed by atoms with Crippen LogP contribution in [-0.4, -0.2) is 52.9 Å². The summed E-state index contributed by atoms with van der Waals surface area (Å²) in [5.41, 5.74) is 2.50. The van der Waals surface area contributed by atoms with Crippen molar-refractivity contribution in [1.82, 2.24) is 25.3 Å². The van der Waals surface area contributed by atoms with Crippen LogP contribution in [0, 0.1) is 0 Å². The molecule has 1 unspecified atom stereocenters. The van der Waals surface area contributed by atoms with E-state index in [0.717, 1.165) is 38.1 Å². The predicted octanol–water partition coefficient (Wildman–Crippen LogP) is 3.25. The molecule has 1 atom stereocenters. The largest absolute Gasteiger partial charge is 0.357 e. The van der Waals surface area contributed by atoms with Crippen molar-refractivity contribution in [2.24, 2.45) is 4.99 Å². The molecule has 1 aromatic heterocycles. The summed E-state index contributed by atoms with van der Waals surface area (Å²) in [4.78, 5) is 7.45. The minimum atomic E-state index is 0.663. The third kappa shape index (κ3) is 6.89. The fourth-order valence-electron chi connectivity index (χ4n) is 3.92. The monoisotopic (exact) mass is 396 g/mol. The maximum atomic E-state index is 4.82. The summed E-state index contributed by atoms with van der Waals surface area (Å²) in [5.74, 6) is 0.896. The van der Waals surface area contributed by atoms with Crippen molar-refractivity contribution in [3.05, 3.63) is 53.9 Å². The van der Waals surface area contributed by atoms with Gasteiger partial charge in [0.25, 0.3) is 0 Å². The smallest absolute Gasteiger partial charge is 0.191 e. The lowest BCUT2D eigenvalue weighted by atomic mass is 10.0. The lowest BCUT2D eigenvalue weighted by molar-refractivity contribution is 0.159. The van der Waals surface area contributed by atoms with E-state index in [-0.39, 0.29) is 0 Å². The molecule has 0 saturated carbocycles. The first-order valence-corrected chi connectivity index (χ1v) is 11.1. The molecule has 3 rings (SSSR count). The van der Waals surface area contributed by atoms with Crippen LogP contribution in [0.1, 0.15) is 50.7 Å². The Labute approximate surface area is 175 Å². The van der Waals surface area contributed by atoms with Crippen molar-refractivity contribution in [2.75, 3.05) is 26.2 Å². The van der Waals surface area contributed by atoms with Gasteiger partial charge in [0, 0.05) is 38.1 Å². The van der Waals surface area contributed by atoms with E-state index in [1.165, 1.54) is 43.5 Å². The summed E-state index contributed by atoms with van der Waals surface area (Å²) < 4.78 is 1.95. The number of aromatic nitrogens is 2. The number of hydrogen-bond acceptors (Lipinski definition) is 3. The zero-order chi connectivity index (χ0) is 20.3. The molecule has 1 saturated heterocycles. The van der Waals surface area contributed by atoms with E-state index in [0.29, 0.717) is 6.54 Å². The fraction of sp³-hybridized carbons (Fsp3) is 0.565. The number of guanidine groups is 1. The van der Waals surface area contributed by atoms with Crippen LogP contribution in [0.4, 0.5) is 0 Å². The second-order valence-corrected chi connectivity index (χ2v) is 7.83. The van der Waals surface area contributed by atoms with E-state index >= 15 is 0 Å². The molecule has 2 heterocycles. The molecule has 2 aromatic rings. The summed E-state index contributed by atoms with van der Waals surface area (Å²) >= 11 is 0. The molecule has 1 fully saturated rings.